The van der Waals surface area contributed by atoms with Crippen molar-refractivity contribution in [2.24, 2.45) is 0 Å². The van der Waals surface area contributed by atoms with E-state index in [2.05, 4.69) is 53.1 Å². The molecule has 2 aliphatic heterocycles. The van der Waals surface area contributed by atoms with Gasteiger partial charge in [0.1, 0.15) is 0 Å². The molecule has 2 aromatic rings. The van der Waals surface area contributed by atoms with Crippen LogP contribution in [0.5, 0.6) is 0 Å². The van der Waals surface area contributed by atoms with Gasteiger partial charge in [0.15, 0.2) is 0 Å². The summed E-state index contributed by atoms with van der Waals surface area (Å²) in [6.45, 7) is 7.63. The van der Waals surface area contributed by atoms with Crippen LogP contribution in [0, 0.1) is 0 Å². The van der Waals surface area contributed by atoms with Crippen molar-refractivity contribution in [2.75, 3.05) is 42.6 Å². The number of likely N-dealkylation sites (N-methyl/N-ethyl adjacent to an activating group) is 1. The van der Waals surface area contributed by atoms with Crippen molar-refractivity contribution in [1.82, 2.24) is 0 Å². The van der Waals surface area contributed by atoms with Crippen molar-refractivity contribution < 1.29 is 4.74 Å². The normalized spacial score (nSPS) is 20.8. The molecule has 3 aliphatic rings. The van der Waals surface area contributed by atoms with Crippen LogP contribution in [-0.2, 0) is 11.2 Å². The summed E-state index contributed by atoms with van der Waals surface area (Å²) in [5.41, 5.74) is 8.58. The summed E-state index contributed by atoms with van der Waals surface area (Å²) < 4.78 is 5.88. The Balaban J connectivity index is 1.45. The van der Waals surface area contributed by atoms with E-state index in [1.807, 2.05) is 0 Å². The van der Waals surface area contributed by atoms with Crippen LogP contribution in [0.1, 0.15) is 43.7 Å². The van der Waals surface area contributed by atoms with Gasteiger partial charge >= 0.3 is 0 Å². The highest BCUT2D eigenvalue weighted by Crippen LogP contribution is 2.41. The highest BCUT2D eigenvalue weighted by molar-refractivity contribution is 5.82. The summed E-state index contributed by atoms with van der Waals surface area (Å²) in [7, 11) is 0. The number of benzene rings is 2. The number of hydrogen-bond acceptors (Lipinski definition) is 3. The minimum absolute atomic E-state index is 0.396. The predicted octanol–water partition coefficient (Wildman–Crippen LogP) is 4.86. The molecule has 0 N–H and O–H groups in total. The van der Waals surface area contributed by atoms with Gasteiger partial charge in [0, 0.05) is 44.2 Å². The van der Waals surface area contributed by atoms with Gasteiger partial charge in [-0.05, 0) is 85.5 Å². The third-order valence-corrected chi connectivity index (χ3v) is 6.52. The molecule has 0 saturated carbocycles. The average molecular weight is 363 g/mol. The van der Waals surface area contributed by atoms with Gasteiger partial charge in [0.25, 0.3) is 0 Å². The zero-order valence-electron chi connectivity index (χ0n) is 16.4. The molecule has 0 aromatic heterocycles. The maximum Gasteiger partial charge on any atom is 0.0750 e. The molecule has 2 saturated heterocycles. The Hall–Kier alpha value is -2.00. The Bertz CT molecular complexity index is 819. The molecule has 0 radical (unpaired) electrons. The van der Waals surface area contributed by atoms with Gasteiger partial charge in [-0.15, -0.1) is 0 Å². The number of ether oxygens (including phenoxy) is 1. The molecular weight excluding hydrogens is 332 g/mol. The van der Waals surface area contributed by atoms with E-state index in [0.717, 1.165) is 26.1 Å². The number of fused-ring (bicyclic) bond motifs is 3. The Morgan fingerprint density at radius 1 is 1.00 bits per heavy atom. The molecule has 1 atom stereocenters. The Labute approximate surface area is 162 Å². The fourth-order valence-corrected chi connectivity index (χ4v) is 4.96. The number of anilines is 2. The van der Waals surface area contributed by atoms with E-state index in [4.69, 9.17) is 4.74 Å². The molecule has 0 spiro atoms. The molecule has 2 heterocycles. The van der Waals surface area contributed by atoms with Crippen LogP contribution in [0.4, 0.5) is 11.4 Å². The molecule has 2 fully saturated rings. The maximum atomic E-state index is 5.88. The van der Waals surface area contributed by atoms with Crippen LogP contribution in [0.3, 0.4) is 0 Å². The second-order valence-corrected chi connectivity index (χ2v) is 8.23. The number of hydrogen-bond donors (Lipinski definition) is 0. The van der Waals surface area contributed by atoms with Crippen LogP contribution in [0.2, 0.25) is 0 Å². The van der Waals surface area contributed by atoms with Crippen LogP contribution in [0.15, 0.2) is 36.4 Å². The van der Waals surface area contributed by atoms with Crippen LogP contribution in [-0.4, -0.2) is 38.9 Å². The molecule has 1 unspecified atom stereocenters. The van der Waals surface area contributed by atoms with Gasteiger partial charge in [-0.1, -0.05) is 12.1 Å². The van der Waals surface area contributed by atoms with Crippen molar-refractivity contribution in [3.63, 3.8) is 0 Å². The fraction of sp³-hybridized carbons (Fsp3) is 0.500. The largest absolute Gasteiger partial charge is 0.376 e. The van der Waals surface area contributed by atoms with Crippen molar-refractivity contribution in [1.29, 1.82) is 0 Å². The summed E-state index contributed by atoms with van der Waals surface area (Å²) in [6, 6.07) is 14.2. The predicted molar refractivity (Wildman–Crippen MR) is 113 cm³/mol. The Morgan fingerprint density at radius 2 is 1.78 bits per heavy atom. The van der Waals surface area contributed by atoms with Gasteiger partial charge in [-0.2, -0.15) is 0 Å². The van der Waals surface area contributed by atoms with Crippen molar-refractivity contribution in [2.45, 2.75) is 45.1 Å². The lowest BCUT2D eigenvalue weighted by atomic mass is 10.0. The van der Waals surface area contributed by atoms with E-state index in [9.17, 15) is 0 Å². The van der Waals surface area contributed by atoms with E-state index in [1.54, 1.807) is 0 Å². The number of rotatable bonds is 5. The second-order valence-electron chi connectivity index (χ2n) is 8.23. The van der Waals surface area contributed by atoms with Gasteiger partial charge in [-0.3, -0.25) is 0 Å². The minimum Gasteiger partial charge on any atom is -0.376 e. The average Bonchev–Trinajstić information content (AvgIpc) is 3.45. The standard InChI is InChI=1S/C24H30N2O/c1-2-25(17-22-6-5-13-27-22)20-9-7-18-14-19-8-10-21(26-11-3-4-12-26)16-24(19)23(18)15-20/h7-10,15-16,22H,2-6,11-14,17H2,1H3. The first-order valence-corrected chi connectivity index (χ1v) is 10.7. The Kier molecular flexibility index (Phi) is 4.56. The van der Waals surface area contributed by atoms with Crippen molar-refractivity contribution >= 4 is 11.4 Å². The van der Waals surface area contributed by atoms with Crippen molar-refractivity contribution in [3.8, 4) is 11.1 Å². The van der Waals surface area contributed by atoms with E-state index in [0.29, 0.717) is 6.10 Å². The van der Waals surface area contributed by atoms with Gasteiger partial charge in [-0.25, -0.2) is 0 Å². The zero-order chi connectivity index (χ0) is 18.2. The summed E-state index contributed by atoms with van der Waals surface area (Å²) in [4.78, 5) is 5.02. The molecule has 3 heteroatoms. The maximum absolute atomic E-state index is 5.88. The minimum atomic E-state index is 0.396. The summed E-state index contributed by atoms with van der Waals surface area (Å²) in [5, 5.41) is 0. The third-order valence-electron chi connectivity index (χ3n) is 6.52. The zero-order valence-corrected chi connectivity index (χ0v) is 16.4. The topological polar surface area (TPSA) is 15.7 Å². The van der Waals surface area contributed by atoms with Crippen LogP contribution in [0.25, 0.3) is 11.1 Å². The number of nitrogens with zero attached hydrogens (tertiary/aromatic N) is 2. The molecular formula is C24H30N2O. The molecule has 0 amide bonds. The second kappa shape index (κ2) is 7.20. The van der Waals surface area contributed by atoms with Gasteiger partial charge in [0.2, 0.25) is 0 Å². The highest BCUT2D eigenvalue weighted by atomic mass is 16.5. The highest BCUT2D eigenvalue weighted by Gasteiger charge is 2.23. The lowest BCUT2D eigenvalue weighted by Gasteiger charge is -2.26. The van der Waals surface area contributed by atoms with Gasteiger partial charge in [0.05, 0.1) is 6.10 Å². The summed E-state index contributed by atoms with van der Waals surface area (Å²) in [5.74, 6) is 0. The molecule has 1 aliphatic carbocycles. The third kappa shape index (κ3) is 3.23. The van der Waals surface area contributed by atoms with Crippen LogP contribution >= 0.6 is 0 Å². The first-order chi connectivity index (χ1) is 13.3. The lowest BCUT2D eigenvalue weighted by molar-refractivity contribution is 0.115. The molecule has 27 heavy (non-hydrogen) atoms. The molecule has 5 rings (SSSR count). The van der Waals surface area contributed by atoms with E-state index in [-0.39, 0.29) is 0 Å². The van der Waals surface area contributed by atoms with Gasteiger partial charge < -0.3 is 14.5 Å². The van der Waals surface area contributed by atoms with E-state index in [1.165, 1.54) is 72.4 Å². The molecule has 142 valence electrons. The summed E-state index contributed by atoms with van der Waals surface area (Å²) >= 11 is 0. The molecule has 2 aromatic carbocycles. The lowest BCUT2D eigenvalue weighted by Crippen LogP contribution is -2.32. The SMILES string of the molecule is CCN(CC1CCCO1)c1ccc2c(c1)-c1cc(N3CCCC3)ccc1C2. The molecule has 0 bridgehead atoms. The summed E-state index contributed by atoms with van der Waals surface area (Å²) in [6.07, 6.45) is 6.53. The fourth-order valence-electron chi connectivity index (χ4n) is 4.96. The first kappa shape index (κ1) is 17.1. The quantitative estimate of drug-likeness (QED) is 0.644. The first-order valence-electron chi connectivity index (χ1n) is 10.7. The van der Waals surface area contributed by atoms with E-state index < -0.39 is 0 Å². The monoisotopic (exact) mass is 362 g/mol. The smallest absolute Gasteiger partial charge is 0.0750 e. The van der Waals surface area contributed by atoms with E-state index >= 15 is 0 Å². The molecule has 3 nitrogen and oxygen atoms in total. The van der Waals surface area contributed by atoms with Crippen LogP contribution < -0.4 is 9.80 Å². The van der Waals surface area contributed by atoms with Crippen molar-refractivity contribution in [3.05, 3.63) is 47.5 Å². The Morgan fingerprint density at radius 3 is 2.52 bits per heavy atom.